The van der Waals surface area contributed by atoms with Crippen LogP contribution in [0.4, 0.5) is 0 Å². The second-order valence-electron chi connectivity index (χ2n) is 5.70. The first-order chi connectivity index (χ1) is 10.1. The maximum atomic E-state index is 12.4. The number of nitrogens with one attached hydrogen (secondary N) is 1. The molecule has 2 aliphatic rings. The molecular formula is C16H20N2O3. The molecule has 21 heavy (non-hydrogen) atoms. The number of ether oxygens (including phenoxy) is 1. The van der Waals surface area contributed by atoms with Gasteiger partial charge in [-0.25, -0.2) is 0 Å². The fraction of sp³-hybridized carbons (Fsp3) is 0.500. The van der Waals surface area contributed by atoms with Crippen molar-refractivity contribution in [3.63, 3.8) is 0 Å². The molecule has 0 aromatic heterocycles. The first-order valence-corrected chi connectivity index (χ1v) is 7.45. The maximum Gasteiger partial charge on any atom is 0.245 e. The molecule has 0 bridgehead atoms. The highest BCUT2D eigenvalue weighted by atomic mass is 16.5. The summed E-state index contributed by atoms with van der Waals surface area (Å²) >= 11 is 0. The third kappa shape index (κ3) is 2.48. The Hall–Kier alpha value is -2.04. The third-order valence-corrected chi connectivity index (χ3v) is 4.19. The first-order valence-electron chi connectivity index (χ1n) is 7.45. The lowest BCUT2D eigenvalue weighted by atomic mass is 10.0. The average Bonchev–Trinajstić information content (AvgIpc) is 2.87. The summed E-state index contributed by atoms with van der Waals surface area (Å²) in [5.41, 5.74) is 1.16. The number of para-hydroxylation sites is 1. The first kappa shape index (κ1) is 13.9. The van der Waals surface area contributed by atoms with Crippen molar-refractivity contribution in [2.24, 2.45) is 0 Å². The summed E-state index contributed by atoms with van der Waals surface area (Å²) < 4.78 is 5.90. The van der Waals surface area contributed by atoms with Gasteiger partial charge in [-0.2, -0.15) is 0 Å². The van der Waals surface area contributed by atoms with E-state index in [9.17, 15) is 9.59 Å². The Labute approximate surface area is 124 Å². The number of amides is 2. The molecule has 1 aromatic rings. The standard InChI is InChI=1S/C16H20N2O3/c1-3-13-15(19)17-10(2)16(20)18(13)9-12-8-11-6-4-5-7-14(11)21-12/h4-7,10,12-13H,3,8-9H2,1-2H3,(H,17,19). The van der Waals surface area contributed by atoms with Gasteiger partial charge in [0.1, 0.15) is 23.9 Å². The zero-order valence-corrected chi connectivity index (χ0v) is 12.3. The van der Waals surface area contributed by atoms with Crippen LogP contribution in [0.25, 0.3) is 0 Å². The van der Waals surface area contributed by atoms with E-state index in [0.717, 1.165) is 17.7 Å². The highest BCUT2D eigenvalue weighted by molar-refractivity contribution is 5.96. The van der Waals surface area contributed by atoms with Gasteiger partial charge in [0.2, 0.25) is 11.8 Å². The van der Waals surface area contributed by atoms with E-state index >= 15 is 0 Å². The van der Waals surface area contributed by atoms with Crippen LogP contribution >= 0.6 is 0 Å². The lowest BCUT2D eigenvalue weighted by Gasteiger charge is -2.38. The quantitative estimate of drug-likeness (QED) is 0.906. The number of piperazine rings is 1. The Balaban J connectivity index is 1.74. The molecule has 1 aromatic carbocycles. The number of benzene rings is 1. The van der Waals surface area contributed by atoms with Gasteiger partial charge in [-0.05, 0) is 25.0 Å². The molecular weight excluding hydrogens is 268 g/mol. The van der Waals surface area contributed by atoms with Gasteiger partial charge in [0, 0.05) is 6.42 Å². The Morgan fingerprint density at radius 2 is 2.10 bits per heavy atom. The second kappa shape index (κ2) is 5.39. The average molecular weight is 288 g/mol. The molecule has 5 nitrogen and oxygen atoms in total. The molecule has 2 amide bonds. The van der Waals surface area contributed by atoms with Crippen molar-refractivity contribution in [2.75, 3.05) is 6.54 Å². The number of nitrogens with zero attached hydrogens (tertiary/aromatic N) is 1. The van der Waals surface area contributed by atoms with Gasteiger partial charge in [0.25, 0.3) is 0 Å². The smallest absolute Gasteiger partial charge is 0.245 e. The SMILES string of the molecule is CCC1C(=O)NC(C)C(=O)N1CC1Cc2ccccc2O1. The molecule has 0 radical (unpaired) electrons. The van der Waals surface area contributed by atoms with Crippen molar-refractivity contribution in [3.05, 3.63) is 29.8 Å². The summed E-state index contributed by atoms with van der Waals surface area (Å²) in [7, 11) is 0. The molecule has 1 fully saturated rings. The van der Waals surface area contributed by atoms with Crippen LogP contribution in [0.5, 0.6) is 5.75 Å². The van der Waals surface area contributed by atoms with Gasteiger partial charge >= 0.3 is 0 Å². The summed E-state index contributed by atoms with van der Waals surface area (Å²) in [5.74, 6) is 0.790. The molecule has 3 atom stereocenters. The minimum Gasteiger partial charge on any atom is -0.488 e. The van der Waals surface area contributed by atoms with Crippen LogP contribution in [0.2, 0.25) is 0 Å². The van der Waals surface area contributed by atoms with Gasteiger partial charge < -0.3 is 15.0 Å². The minimum absolute atomic E-state index is 0.0268. The Bertz CT molecular complexity index is 547. The van der Waals surface area contributed by atoms with E-state index < -0.39 is 6.04 Å². The Kier molecular flexibility index (Phi) is 3.57. The van der Waals surface area contributed by atoms with Crippen molar-refractivity contribution in [1.29, 1.82) is 0 Å². The zero-order chi connectivity index (χ0) is 15.0. The largest absolute Gasteiger partial charge is 0.488 e. The summed E-state index contributed by atoms with van der Waals surface area (Å²) in [6.07, 6.45) is 1.33. The molecule has 5 heteroatoms. The minimum atomic E-state index is -0.455. The molecule has 0 aliphatic carbocycles. The van der Waals surface area contributed by atoms with E-state index in [0.29, 0.717) is 13.0 Å². The molecule has 112 valence electrons. The summed E-state index contributed by atoms with van der Waals surface area (Å²) in [6, 6.07) is 7.07. The fourth-order valence-corrected chi connectivity index (χ4v) is 3.11. The van der Waals surface area contributed by atoms with Crippen molar-refractivity contribution in [2.45, 2.75) is 44.9 Å². The fourth-order valence-electron chi connectivity index (χ4n) is 3.11. The third-order valence-electron chi connectivity index (χ3n) is 4.19. The summed E-state index contributed by atoms with van der Waals surface area (Å²) in [6.45, 7) is 4.11. The summed E-state index contributed by atoms with van der Waals surface area (Å²) in [5, 5.41) is 2.73. The molecule has 2 aliphatic heterocycles. The second-order valence-corrected chi connectivity index (χ2v) is 5.70. The topological polar surface area (TPSA) is 58.6 Å². The highest BCUT2D eigenvalue weighted by Crippen LogP contribution is 2.29. The Morgan fingerprint density at radius 1 is 1.33 bits per heavy atom. The lowest BCUT2D eigenvalue weighted by molar-refractivity contribution is -0.150. The number of hydrogen-bond donors (Lipinski definition) is 1. The molecule has 0 saturated carbocycles. The molecule has 1 N–H and O–H groups in total. The molecule has 3 rings (SSSR count). The van der Waals surface area contributed by atoms with Crippen LogP contribution in [0, 0.1) is 0 Å². The van der Waals surface area contributed by atoms with Gasteiger partial charge in [-0.1, -0.05) is 25.1 Å². The summed E-state index contributed by atoms with van der Waals surface area (Å²) in [4.78, 5) is 26.1. The van der Waals surface area contributed by atoms with Gasteiger partial charge in [0.05, 0.1) is 6.54 Å². The zero-order valence-electron chi connectivity index (χ0n) is 12.3. The molecule has 2 heterocycles. The van der Waals surface area contributed by atoms with Gasteiger partial charge in [0.15, 0.2) is 0 Å². The monoisotopic (exact) mass is 288 g/mol. The van der Waals surface area contributed by atoms with Crippen LogP contribution in [-0.2, 0) is 16.0 Å². The number of rotatable bonds is 3. The Morgan fingerprint density at radius 3 is 2.81 bits per heavy atom. The maximum absolute atomic E-state index is 12.4. The van der Waals surface area contributed by atoms with E-state index in [-0.39, 0.29) is 24.0 Å². The van der Waals surface area contributed by atoms with Crippen LogP contribution < -0.4 is 10.1 Å². The number of carbonyl (C=O) groups excluding carboxylic acids is 2. The predicted molar refractivity (Wildman–Crippen MR) is 78.0 cm³/mol. The van der Waals surface area contributed by atoms with Crippen molar-refractivity contribution >= 4 is 11.8 Å². The predicted octanol–water partition coefficient (Wildman–Crippen LogP) is 1.12. The van der Waals surface area contributed by atoms with Crippen LogP contribution in [0.3, 0.4) is 0 Å². The van der Waals surface area contributed by atoms with Crippen molar-refractivity contribution in [3.8, 4) is 5.75 Å². The van der Waals surface area contributed by atoms with E-state index in [1.807, 2.05) is 31.2 Å². The molecule has 0 spiro atoms. The van der Waals surface area contributed by atoms with E-state index in [1.54, 1.807) is 11.8 Å². The lowest BCUT2D eigenvalue weighted by Crippen LogP contribution is -2.63. The van der Waals surface area contributed by atoms with E-state index in [1.165, 1.54) is 0 Å². The normalized spacial score (nSPS) is 28.1. The van der Waals surface area contributed by atoms with Crippen LogP contribution in [0.1, 0.15) is 25.8 Å². The number of fused-ring (bicyclic) bond motifs is 1. The molecule has 1 saturated heterocycles. The van der Waals surface area contributed by atoms with Crippen molar-refractivity contribution < 1.29 is 14.3 Å². The number of carbonyl (C=O) groups is 2. The van der Waals surface area contributed by atoms with Gasteiger partial charge in [-0.3, -0.25) is 9.59 Å². The van der Waals surface area contributed by atoms with Crippen LogP contribution in [-0.4, -0.2) is 41.4 Å². The molecule has 3 unspecified atom stereocenters. The van der Waals surface area contributed by atoms with Crippen molar-refractivity contribution in [1.82, 2.24) is 10.2 Å². The number of hydrogen-bond acceptors (Lipinski definition) is 3. The van der Waals surface area contributed by atoms with E-state index in [4.69, 9.17) is 4.74 Å². The highest BCUT2D eigenvalue weighted by Gasteiger charge is 2.39. The van der Waals surface area contributed by atoms with E-state index in [2.05, 4.69) is 5.32 Å². The van der Waals surface area contributed by atoms with Crippen LogP contribution in [0.15, 0.2) is 24.3 Å². The van der Waals surface area contributed by atoms with Gasteiger partial charge in [-0.15, -0.1) is 0 Å².